The molecule has 0 bridgehead atoms. The molecule has 1 amide bonds. The van der Waals surface area contributed by atoms with Crippen LogP contribution in [-0.2, 0) is 11.2 Å². The van der Waals surface area contributed by atoms with Crippen molar-refractivity contribution in [2.45, 2.75) is 33.2 Å². The summed E-state index contributed by atoms with van der Waals surface area (Å²) in [5.41, 5.74) is 2.33. The molecule has 0 unspecified atom stereocenters. The molecule has 0 saturated heterocycles. The van der Waals surface area contributed by atoms with Gasteiger partial charge in [0, 0.05) is 5.92 Å². The molecule has 0 aromatic heterocycles. The van der Waals surface area contributed by atoms with Gasteiger partial charge in [-0.15, -0.1) is 0 Å². The molecular formula is C14H21NO2. The van der Waals surface area contributed by atoms with Crippen LogP contribution >= 0.6 is 0 Å². The van der Waals surface area contributed by atoms with Crippen LogP contribution in [0.1, 0.15) is 25.0 Å². The second-order valence-electron chi connectivity index (χ2n) is 4.73. The minimum absolute atomic E-state index is 0.0174. The van der Waals surface area contributed by atoms with Crippen LogP contribution in [0.25, 0.3) is 0 Å². The van der Waals surface area contributed by atoms with E-state index in [4.69, 9.17) is 0 Å². The van der Waals surface area contributed by atoms with Gasteiger partial charge in [0.05, 0.1) is 12.6 Å². The summed E-state index contributed by atoms with van der Waals surface area (Å²) in [5, 5.41) is 12.1. The van der Waals surface area contributed by atoms with Gasteiger partial charge in [-0.3, -0.25) is 4.79 Å². The van der Waals surface area contributed by atoms with E-state index >= 15 is 0 Å². The molecule has 1 rings (SSSR count). The van der Waals surface area contributed by atoms with Crippen molar-refractivity contribution in [3.05, 3.63) is 35.4 Å². The van der Waals surface area contributed by atoms with Crippen molar-refractivity contribution in [2.24, 2.45) is 5.92 Å². The first kappa shape index (κ1) is 13.7. The Kier molecular flexibility index (Phi) is 5.16. The predicted molar refractivity (Wildman–Crippen MR) is 68.7 cm³/mol. The highest BCUT2D eigenvalue weighted by atomic mass is 16.3. The van der Waals surface area contributed by atoms with Crippen LogP contribution in [0.3, 0.4) is 0 Å². The maximum atomic E-state index is 11.5. The van der Waals surface area contributed by atoms with E-state index in [-0.39, 0.29) is 24.5 Å². The normalized spacial score (nSPS) is 12.5. The van der Waals surface area contributed by atoms with Gasteiger partial charge in [-0.25, -0.2) is 0 Å². The lowest BCUT2D eigenvalue weighted by atomic mass is 10.0. The number of hydrogen-bond acceptors (Lipinski definition) is 2. The molecule has 3 nitrogen and oxygen atoms in total. The van der Waals surface area contributed by atoms with Gasteiger partial charge in [-0.1, -0.05) is 43.7 Å². The van der Waals surface area contributed by atoms with Crippen molar-refractivity contribution >= 4 is 5.91 Å². The van der Waals surface area contributed by atoms with Crippen LogP contribution < -0.4 is 5.32 Å². The van der Waals surface area contributed by atoms with Gasteiger partial charge in [0.25, 0.3) is 0 Å². The van der Waals surface area contributed by atoms with E-state index in [0.29, 0.717) is 6.42 Å². The second kappa shape index (κ2) is 6.40. The molecular weight excluding hydrogens is 214 g/mol. The predicted octanol–water partition coefficient (Wildman–Crippen LogP) is 1.67. The van der Waals surface area contributed by atoms with Crippen molar-refractivity contribution in [1.29, 1.82) is 0 Å². The van der Waals surface area contributed by atoms with Crippen molar-refractivity contribution in [2.75, 3.05) is 6.61 Å². The van der Waals surface area contributed by atoms with Gasteiger partial charge in [0.2, 0.25) is 5.91 Å². The Labute approximate surface area is 103 Å². The zero-order valence-electron chi connectivity index (χ0n) is 10.7. The van der Waals surface area contributed by atoms with Crippen molar-refractivity contribution in [1.82, 2.24) is 5.32 Å². The van der Waals surface area contributed by atoms with Gasteiger partial charge in [0.1, 0.15) is 0 Å². The second-order valence-corrected chi connectivity index (χ2v) is 4.73. The smallest absolute Gasteiger partial charge is 0.222 e. The Morgan fingerprint density at radius 2 is 1.88 bits per heavy atom. The van der Waals surface area contributed by atoms with Crippen LogP contribution in [0.15, 0.2) is 24.3 Å². The third-order valence-electron chi connectivity index (χ3n) is 2.69. The molecule has 0 aliphatic rings. The summed E-state index contributed by atoms with van der Waals surface area (Å²) in [5.74, 6) is -0.0711. The minimum atomic E-state index is -0.201. The third kappa shape index (κ3) is 4.57. The van der Waals surface area contributed by atoms with E-state index in [1.165, 1.54) is 5.56 Å². The molecule has 1 aromatic rings. The summed E-state index contributed by atoms with van der Waals surface area (Å²) >= 11 is 0. The summed E-state index contributed by atoms with van der Waals surface area (Å²) in [6, 6.07) is 7.92. The Morgan fingerprint density at radius 1 is 1.29 bits per heavy atom. The topological polar surface area (TPSA) is 49.3 Å². The molecule has 0 aliphatic heterocycles. The number of hydrogen-bond donors (Lipinski definition) is 2. The number of rotatable bonds is 5. The van der Waals surface area contributed by atoms with Crippen molar-refractivity contribution < 1.29 is 9.90 Å². The Bertz CT molecular complexity index is 357. The lowest BCUT2D eigenvalue weighted by Crippen LogP contribution is -2.41. The van der Waals surface area contributed by atoms with E-state index in [1.54, 1.807) is 0 Å². The quantitative estimate of drug-likeness (QED) is 0.815. The summed E-state index contributed by atoms with van der Waals surface area (Å²) < 4.78 is 0. The summed E-state index contributed by atoms with van der Waals surface area (Å²) in [7, 11) is 0. The number of nitrogens with one attached hydrogen (secondary N) is 1. The number of carbonyl (C=O) groups is 1. The first-order valence-electron chi connectivity index (χ1n) is 5.99. The molecule has 2 N–H and O–H groups in total. The van der Waals surface area contributed by atoms with Crippen LogP contribution in [0.2, 0.25) is 0 Å². The largest absolute Gasteiger partial charge is 0.394 e. The standard InChI is InChI=1S/C14H21NO2/c1-10(2)14(17)15-13(9-16)8-12-6-4-11(3)5-7-12/h4-7,10,13,16H,8-9H2,1-3H3,(H,15,17)/t13-/m0/s1. The molecule has 0 fully saturated rings. The Hall–Kier alpha value is -1.35. The molecule has 17 heavy (non-hydrogen) atoms. The molecule has 0 radical (unpaired) electrons. The van der Waals surface area contributed by atoms with Gasteiger partial charge in [-0.2, -0.15) is 0 Å². The molecule has 0 saturated carbocycles. The SMILES string of the molecule is Cc1ccc(C[C@@H](CO)NC(=O)C(C)C)cc1. The third-order valence-corrected chi connectivity index (χ3v) is 2.69. The highest BCUT2D eigenvalue weighted by molar-refractivity contribution is 5.78. The first-order chi connectivity index (χ1) is 8.02. The first-order valence-corrected chi connectivity index (χ1v) is 5.99. The monoisotopic (exact) mass is 235 g/mol. The van der Waals surface area contributed by atoms with Gasteiger partial charge in [-0.05, 0) is 18.9 Å². The molecule has 1 atom stereocenters. The van der Waals surface area contributed by atoms with E-state index in [1.807, 2.05) is 45.0 Å². The molecule has 3 heteroatoms. The molecule has 0 heterocycles. The van der Waals surface area contributed by atoms with Crippen molar-refractivity contribution in [3.8, 4) is 0 Å². The zero-order chi connectivity index (χ0) is 12.8. The van der Waals surface area contributed by atoms with Crippen LogP contribution in [0.4, 0.5) is 0 Å². The number of aliphatic hydroxyl groups is 1. The fourth-order valence-electron chi connectivity index (χ4n) is 1.54. The van der Waals surface area contributed by atoms with Gasteiger partial charge >= 0.3 is 0 Å². The lowest BCUT2D eigenvalue weighted by Gasteiger charge is -2.18. The van der Waals surface area contributed by atoms with Crippen LogP contribution in [0.5, 0.6) is 0 Å². The van der Waals surface area contributed by atoms with E-state index in [2.05, 4.69) is 5.32 Å². The average Bonchev–Trinajstić information content (AvgIpc) is 2.30. The minimum Gasteiger partial charge on any atom is -0.394 e. The van der Waals surface area contributed by atoms with Crippen LogP contribution in [0, 0.1) is 12.8 Å². The van der Waals surface area contributed by atoms with E-state index in [0.717, 1.165) is 5.56 Å². The number of aliphatic hydroxyl groups excluding tert-OH is 1. The number of amides is 1. The molecule has 0 spiro atoms. The summed E-state index contributed by atoms with van der Waals surface area (Å²) in [4.78, 5) is 11.5. The van der Waals surface area contributed by atoms with Crippen molar-refractivity contribution in [3.63, 3.8) is 0 Å². The van der Waals surface area contributed by atoms with Crippen LogP contribution in [-0.4, -0.2) is 23.7 Å². The average molecular weight is 235 g/mol. The van der Waals surface area contributed by atoms with E-state index in [9.17, 15) is 9.90 Å². The molecule has 1 aromatic carbocycles. The highest BCUT2D eigenvalue weighted by Gasteiger charge is 2.14. The summed E-state index contributed by atoms with van der Waals surface area (Å²) in [6.45, 7) is 5.69. The summed E-state index contributed by atoms with van der Waals surface area (Å²) in [6.07, 6.45) is 0.662. The van der Waals surface area contributed by atoms with E-state index < -0.39 is 0 Å². The zero-order valence-corrected chi connectivity index (χ0v) is 10.7. The number of benzene rings is 1. The highest BCUT2D eigenvalue weighted by Crippen LogP contribution is 2.06. The molecule has 0 aliphatic carbocycles. The van der Waals surface area contributed by atoms with Gasteiger partial charge in [0.15, 0.2) is 0 Å². The van der Waals surface area contributed by atoms with Gasteiger partial charge < -0.3 is 10.4 Å². The Balaban J connectivity index is 2.57. The number of carbonyl (C=O) groups excluding carboxylic acids is 1. The molecule has 94 valence electrons. The fourth-order valence-corrected chi connectivity index (χ4v) is 1.54. The maximum Gasteiger partial charge on any atom is 0.222 e. The lowest BCUT2D eigenvalue weighted by molar-refractivity contribution is -0.125. The maximum absolute atomic E-state index is 11.5. The number of aryl methyl sites for hydroxylation is 1. The fraction of sp³-hybridized carbons (Fsp3) is 0.500. The Morgan fingerprint density at radius 3 is 2.35 bits per heavy atom.